The molecule has 0 unspecified atom stereocenters. The molecule has 2 aromatic carbocycles. The van der Waals surface area contributed by atoms with Crippen LogP contribution in [0.15, 0.2) is 46.9 Å². The number of halogens is 1. The maximum absolute atomic E-state index is 12.2. The van der Waals surface area contributed by atoms with Crippen LogP contribution in [0.4, 0.5) is 5.69 Å². The van der Waals surface area contributed by atoms with Gasteiger partial charge in [0.15, 0.2) is 5.78 Å². The molecule has 0 aliphatic rings. The van der Waals surface area contributed by atoms with Gasteiger partial charge in [-0.25, -0.2) is 0 Å². The number of carbonyl (C=O) groups is 1. The molecular formula is C16H16BrNO. The van der Waals surface area contributed by atoms with Crippen LogP contribution in [0.1, 0.15) is 28.4 Å². The van der Waals surface area contributed by atoms with Crippen LogP contribution in [0.25, 0.3) is 0 Å². The molecule has 0 spiro atoms. The molecule has 0 saturated heterocycles. The second kappa shape index (κ2) is 6.02. The van der Waals surface area contributed by atoms with Gasteiger partial charge in [-0.2, -0.15) is 0 Å². The number of hydrogen-bond donors (Lipinski definition) is 1. The van der Waals surface area contributed by atoms with Gasteiger partial charge in [0.2, 0.25) is 0 Å². The summed E-state index contributed by atoms with van der Waals surface area (Å²) in [5.41, 5.74) is 9.36. The quantitative estimate of drug-likeness (QED) is 0.683. The molecule has 0 aliphatic carbocycles. The standard InChI is InChI=1S/C16H16BrNO/c1-2-11-3-5-12(6-4-11)9-16(19)13-7-8-15(18)14(17)10-13/h3-8,10H,2,9,18H2,1H3. The number of hydrogen-bond acceptors (Lipinski definition) is 2. The molecule has 2 nitrogen and oxygen atoms in total. The molecule has 2 rings (SSSR count). The number of anilines is 1. The summed E-state index contributed by atoms with van der Waals surface area (Å²) < 4.78 is 0.764. The van der Waals surface area contributed by atoms with Crippen molar-refractivity contribution < 1.29 is 4.79 Å². The number of carbonyl (C=O) groups excluding carboxylic acids is 1. The van der Waals surface area contributed by atoms with Crippen molar-refractivity contribution >= 4 is 27.4 Å². The highest BCUT2D eigenvalue weighted by Crippen LogP contribution is 2.21. The van der Waals surface area contributed by atoms with Crippen LogP contribution in [0.5, 0.6) is 0 Å². The lowest BCUT2D eigenvalue weighted by atomic mass is 10.0. The van der Waals surface area contributed by atoms with E-state index in [1.807, 2.05) is 12.1 Å². The third-order valence-corrected chi connectivity index (χ3v) is 3.81. The Morgan fingerprint density at radius 2 is 1.74 bits per heavy atom. The van der Waals surface area contributed by atoms with Crippen molar-refractivity contribution in [2.45, 2.75) is 19.8 Å². The van der Waals surface area contributed by atoms with Crippen molar-refractivity contribution in [1.82, 2.24) is 0 Å². The van der Waals surface area contributed by atoms with E-state index in [2.05, 4.69) is 35.0 Å². The van der Waals surface area contributed by atoms with E-state index in [4.69, 9.17) is 5.73 Å². The first-order valence-corrected chi connectivity index (χ1v) is 7.05. The molecule has 3 heteroatoms. The number of aryl methyl sites for hydroxylation is 1. The van der Waals surface area contributed by atoms with Gasteiger partial charge >= 0.3 is 0 Å². The normalized spacial score (nSPS) is 10.4. The van der Waals surface area contributed by atoms with Crippen LogP contribution in [-0.4, -0.2) is 5.78 Å². The van der Waals surface area contributed by atoms with Crippen molar-refractivity contribution in [3.05, 3.63) is 63.6 Å². The lowest BCUT2D eigenvalue weighted by molar-refractivity contribution is 0.0993. The Bertz CT molecular complexity index is 590. The summed E-state index contributed by atoms with van der Waals surface area (Å²) in [5, 5.41) is 0. The Labute approximate surface area is 121 Å². The molecule has 0 fully saturated rings. The summed E-state index contributed by atoms with van der Waals surface area (Å²) in [6.07, 6.45) is 1.43. The first kappa shape index (κ1) is 13.8. The van der Waals surface area contributed by atoms with Gasteiger partial charge in [0, 0.05) is 22.1 Å². The SMILES string of the molecule is CCc1ccc(CC(=O)c2ccc(N)c(Br)c2)cc1. The van der Waals surface area contributed by atoms with E-state index in [0.717, 1.165) is 16.5 Å². The van der Waals surface area contributed by atoms with Crippen LogP contribution in [-0.2, 0) is 12.8 Å². The summed E-state index contributed by atoms with van der Waals surface area (Å²) in [5.74, 6) is 0.102. The zero-order valence-corrected chi connectivity index (χ0v) is 12.4. The van der Waals surface area contributed by atoms with Gasteiger partial charge in [0.05, 0.1) is 0 Å². The van der Waals surface area contributed by atoms with E-state index in [0.29, 0.717) is 17.7 Å². The number of Topliss-reactive ketones (excluding diaryl/α,β-unsaturated/α-hetero) is 1. The molecule has 19 heavy (non-hydrogen) atoms. The molecule has 0 atom stereocenters. The van der Waals surface area contributed by atoms with E-state index >= 15 is 0 Å². The van der Waals surface area contributed by atoms with E-state index in [1.54, 1.807) is 18.2 Å². The first-order chi connectivity index (χ1) is 9.10. The van der Waals surface area contributed by atoms with Crippen molar-refractivity contribution in [2.24, 2.45) is 0 Å². The largest absolute Gasteiger partial charge is 0.398 e. The smallest absolute Gasteiger partial charge is 0.167 e. The van der Waals surface area contributed by atoms with Crippen LogP contribution < -0.4 is 5.73 Å². The summed E-state index contributed by atoms with van der Waals surface area (Å²) in [6, 6.07) is 13.5. The topological polar surface area (TPSA) is 43.1 Å². The Morgan fingerprint density at radius 1 is 1.11 bits per heavy atom. The molecular weight excluding hydrogens is 302 g/mol. The number of ketones is 1. The molecule has 0 saturated carbocycles. The molecule has 0 heterocycles. The van der Waals surface area contributed by atoms with Crippen LogP contribution in [0.3, 0.4) is 0 Å². The summed E-state index contributed by atoms with van der Waals surface area (Å²) in [6.45, 7) is 2.12. The summed E-state index contributed by atoms with van der Waals surface area (Å²) >= 11 is 3.34. The van der Waals surface area contributed by atoms with Crippen LogP contribution in [0.2, 0.25) is 0 Å². The summed E-state index contributed by atoms with van der Waals surface area (Å²) in [7, 11) is 0. The highest BCUT2D eigenvalue weighted by molar-refractivity contribution is 9.10. The van der Waals surface area contributed by atoms with Crippen molar-refractivity contribution in [1.29, 1.82) is 0 Å². The maximum atomic E-state index is 12.2. The van der Waals surface area contributed by atoms with Crippen molar-refractivity contribution in [3.8, 4) is 0 Å². The van der Waals surface area contributed by atoms with E-state index in [1.165, 1.54) is 5.56 Å². The third-order valence-electron chi connectivity index (χ3n) is 3.12. The molecule has 2 aromatic rings. The van der Waals surface area contributed by atoms with E-state index < -0.39 is 0 Å². The van der Waals surface area contributed by atoms with Crippen LogP contribution in [0, 0.1) is 0 Å². The zero-order chi connectivity index (χ0) is 13.8. The summed E-state index contributed by atoms with van der Waals surface area (Å²) in [4.78, 5) is 12.2. The van der Waals surface area contributed by atoms with Crippen molar-refractivity contribution in [2.75, 3.05) is 5.73 Å². The second-order valence-corrected chi connectivity index (χ2v) is 5.36. The average molecular weight is 318 g/mol. The number of benzene rings is 2. The van der Waals surface area contributed by atoms with Gasteiger partial charge in [0.1, 0.15) is 0 Å². The predicted molar refractivity (Wildman–Crippen MR) is 82.4 cm³/mol. The first-order valence-electron chi connectivity index (χ1n) is 6.26. The maximum Gasteiger partial charge on any atom is 0.167 e. The van der Waals surface area contributed by atoms with Gasteiger partial charge in [-0.3, -0.25) is 4.79 Å². The minimum Gasteiger partial charge on any atom is -0.398 e. The lowest BCUT2D eigenvalue weighted by Crippen LogP contribution is -2.04. The van der Waals surface area contributed by atoms with E-state index in [-0.39, 0.29) is 5.78 Å². The fraction of sp³-hybridized carbons (Fsp3) is 0.188. The second-order valence-electron chi connectivity index (χ2n) is 4.51. The molecule has 0 aliphatic heterocycles. The highest BCUT2D eigenvalue weighted by atomic mass is 79.9. The Hall–Kier alpha value is -1.61. The zero-order valence-electron chi connectivity index (χ0n) is 10.8. The molecule has 0 bridgehead atoms. The highest BCUT2D eigenvalue weighted by Gasteiger charge is 2.08. The number of nitrogen functional groups attached to an aromatic ring is 1. The van der Waals surface area contributed by atoms with E-state index in [9.17, 15) is 4.79 Å². The third kappa shape index (κ3) is 3.44. The molecule has 0 amide bonds. The number of rotatable bonds is 4. The average Bonchev–Trinajstić information content (AvgIpc) is 2.42. The molecule has 0 radical (unpaired) electrons. The Morgan fingerprint density at radius 3 is 2.32 bits per heavy atom. The number of nitrogens with two attached hydrogens (primary N) is 1. The fourth-order valence-electron chi connectivity index (χ4n) is 1.88. The molecule has 0 aromatic heterocycles. The molecule has 98 valence electrons. The van der Waals surface area contributed by atoms with Gasteiger partial charge in [-0.1, -0.05) is 31.2 Å². The van der Waals surface area contributed by atoms with Gasteiger partial charge < -0.3 is 5.73 Å². The van der Waals surface area contributed by atoms with Gasteiger partial charge in [0.25, 0.3) is 0 Å². The molecule has 2 N–H and O–H groups in total. The van der Waals surface area contributed by atoms with Gasteiger partial charge in [-0.05, 0) is 51.7 Å². The van der Waals surface area contributed by atoms with Crippen molar-refractivity contribution in [3.63, 3.8) is 0 Å². The minimum absolute atomic E-state index is 0.102. The fourth-order valence-corrected chi connectivity index (χ4v) is 2.26. The monoisotopic (exact) mass is 317 g/mol. The van der Waals surface area contributed by atoms with Gasteiger partial charge in [-0.15, -0.1) is 0 Å². The lowest BCUT2D eigenvalue weighted by Gasteiger charge is -2.05. The minimum atomic E-state index is 0.102. The Balaban J connectivity index is 2.13. The van der Waals surface area contributed by atoms with Crippen LogP contribution >= 0.6 is 15.9 Å². The predicted octanol–water partition coefficient (Wildman–Crippen LogP) is 4.02. The Kier molecular flexibility index (Phi) is 4.38.